The molecule has 0 aliphatic heterocycles. The molecule has 0 unspecified atom stereocenters. The molecule has 0 atom stereocenters. The summed E-state index contributed by atoms with van der Waals surface area (Å²) in [4.78, 5) is 9.29. The highest BCUT2D eigenvalue weighted by molar-refractivity contribution is 5.07. The molecule has 3 heteroatoms. The fourth-order valence-electron chi connectivity index (χ4n) is 4.04. The molecule has 3 nitrogen and oxygen atoms in total. The van der Waals surface area contributed by atoms with Crippen LogP contribution in [0.2, 0.25) is 0 Å². The van der Waals surface area contributed by atoms with E-state index in [1.807, 2.05) is 12.4 Å². The van der Waals surface area contributed by atoms with Crippen LogP contribution in [0.3, 0.4) is 0 Å². The van der Waals surface area contributed by atoms with E-state index in [-0.39, 0.29) is 0 Å². The molecule has 0 amide bonds. The summed E-state index contributed by atoms with van der Waals surface area (Å²) in [7, 11) is 0. The molecule has 1 fully saturated rings. The molecule has 26 heavy (non-hydrogen) atoms. The summed E-state index contributed by atoms with van der Waals surface area (Å²) in [6.45, 7) is 6.00. The molecule has 1 aliphatic rings. The molecule has 1 aliphatic carbocycles. The van der Waals surface area contributed by atoms with Gasteiger partial charge in [-0.2, -0.15) is 0 Å². The molecule has 1 saturated carbocycles. The maximum absolute atomic E-state index is 5.70. The van der Waals surface area contributed by atoms with E-state index >= 15 is 0 Å². The molecule has 1 heterocycles. The van der Waals surface area contributed by atoms with Crippen molar-refractivity contribution in [1.29, 1.82) is 0 Å². The van der Waals surface area contributed by atoms with Gasteiger partial charge in [0.15, 0.2) is 0 Å². The highest BCUT2D eigenvalue weighted by atomic mass is 16.5. The van der Waals surface area contributed by atoms with Crippen LogP contribution < -0.4 is 0 Å². The lowest BCUT2D eigenvalue weighted by molar-refractivity contribution is 0.116. The van der Waals surface area contributed by atoms with E-state index in [2.05, 4.69) is 23.8 Å². The van der Waals surface area contributed by atoms with Crippen LogP contribution in [0.5, 0.6) is 0 Å². The van der Waals surface area contributed by atoms with Gasteiger partial charge in [0.2, 0.25) is 0 Å². The van der Waals surface area contributed by atoms with E-state index in [1.54, 1.807) is 0 Å². The van der Waals surface area contributed by atoms with E-state index < -0.39 is 0 Å². The highest BCUT2D eigenvalue weighted by Crippen LogP contribution is 2.36. The predicted octanol–water partition coefficient (Wildman–Crippen LogP) is 6.82. The number of nitrogens with zero attached hydrogens (tertiary/aromatic N) is 2. The summed E-state index contributed by atoms with van der Waals surface area (Å²) < 4.78 is 5.70. The molecule has 1 aromatic rings. The van der Waals surface area contributed by atoms with Gasteiger partial charge in [0.25, 0.3) is 0 Å². The molecule has 0 spiro atoms. The van der Waals surface area contributed by atoms with Crippen molar-refractivity contribution in [1.82, 2.24) is 9.97 Å². The van der Waals surface area contributed by atoms with Crippen LogP contribution in [0.15, 0.2) is 12.4 Å². The number of unbranched alkanes of at least 4 members (excludes halogenated alkanes) is 6. The minimum absolute atomic E-state index is 0.575. The SMILES string of the molecule is CCCCCCCC1CCC(c2ncc(COCCCCC)cn2)CC1. The fraction of sp³-hybridized carbons (Fsp3) is 0.826. The Morgan fingerprint density at radius 2 is 1.50 bits per heavy atom. The van der Waals surface area contributed by atoms with Crippen molar-refractivity contribution < 1.29 is 4.74 Å². The first-order valence-electron chi connectivity index (χ1n) is 11.2. The van der Waals surface area contributed by atoms with Gasteiger partial charge in [-0.1, -0.05) is 65.2 Å². The van der Waals surface area contributed by atoms with Crippen LogP contribution in [0.25, 0.3) is 0 Å². The zero-order chi connectivity index (χ0) is 18.5. The zero-order valence-electron chi connectivity index (χ0n) is 17.2. The van der Waals surface area contributed by atoms with Crippen molar-refractivity contribution in [3.63, 3.8) is 0 Å². The summed E-state index contributed by atoms with van der Waals surface area (Å²) in [5, 5.41) is 0. The Balaban J connectivity index is 1.62. The molecular weight excluding hydrogens is 320 g/mol. The zero-order valence-corrected chi connectivity index (χ0v) is 17.2. The Bertz CT molecular complexity index is 452. The van der Waals surface area contributed by atoms with Gasteiger partial charge in [-0.3, -0.25) is 0 Å². The van der Waals surface area contributed by atoms with Crippen molar-refractivity contribution in [2.75, 3.05) is 6.61 Å². The van der Waals surface area contributed by atoms with Gasteiger partial charge in [0.1, 0.15) is 5.82 Å². The van der Waals surface area contributed by atoms with Crippen LogP contribution in [-0.4, -0.2) is 16.6 Å². The maximum Gasteiger partial charge on any atom is 0.131 e. The minimum atomic E-state index is 0.575. The molecule has 2 rings (SSSR count). The average Bonchev–Trinajstić information content (AvgIpc) is 2.69. The van der Waals surface area contributed by atoms with E-state index in [0.29, 0.717) is 12.5 Å². The van der Waals surface area contributed by atoms with Crippen LogP contribution >= 0.6 is 0 Å². The Morgan fingerprint density at radius 1 is 0.846 bits per heavy atom. The molecule has 0 bridgehead atoms. The first kappa shape index (κ1) is 21.3. The Kier molecular flexibility index (Phi) is 10.9. The third kappa shape index (κ3) is 8.16. The number of rotatable bonds is 13. The Labute approximate surface area is 161 Å². The first-order chi connectivity index (χ1) is 12.8. The lowest BCUT2D eigenvalue weighted by atomic mass is 9.79. The Hall–Kier alpha value is -0.960. The molecule has 0 N–H and O–H groups in total. The number of hydrogen-bond acceptors (Lipinski definition) is 3. The van der Waals surface area contributed by atoms with Crippen molar-refractivity contribution in [2.45, 2.75) is 110 Å². The smallest absolute Gasteiger partial charge is 0.131 e. The third-order valence-corrected chi connectivity index (χ3v) is 5.81. The summed E-state index contributed by atoms with van der Waals surface area (Å²) in [6.07, 6.45) is 21.3. The second-order valence-electron chi connectivity index (χ2n) is 8.13. The van der Waals surface area contributed by atoms with Gasteiger partial charge in [0.05, 0.1) is 6.61 Å². The van der Waals surface area contributed by atoms with E-state index in [9.17, 15) is 0 Å². The van der Waals surface area contributed by atoms with Crippen molar-refractivity contribution in [3.05, 3.63) is 23.8 Å². The van der Waals surface area contributed by atoms with Gasteiger partial charge < -0.3 is 4.74 Å². The molecule has 0 radical (unpaired) electrons. The third-order valence-electron chi connectivity index (χ3n) is 5.81. The Morgan fingerprint density at radius 3 is 2.19 bits per heavy atom. The second-order valence-corrected chi connectivity index (χ2v) is 8.13. The molecule has 0 saturated heterocycles. The maximum atomic E-state index is 5.70. The highest BCUT2D eigenvalue weighted by Gasteiger charge is 2.23. The number of ether oxygens (including phenoxy) is 1. The fourth-order valence-corrected chi connectivity index (χ4v) is 4.04. The van der Waals surface area contributed by atoms with Crippen molar-refractivity contribution in [2.24, 2.45) is 5.92 Å². The number of hydrogen-bond donors (Lipinski definition) is 0. The molecule has 148 valence electrons. The summed E-state index contributed by atoms with van der Waals surface area (Å²) in [6, 6.07) is 0. The van der Waals surface area contributed by atoms with Gasteiger partial charge in [0, 0.05) is 30.5 Å². The minimum Gasteiger partial charge on any atom is -0.377 e. The van der Waals surface area contributed by atoms with Gasteiger partial charge in [-0.25, -0.2) is 9.97 Å². The van der Waals surface area contributed by atoms with Crippen LogP contribution in [0.1, 0.15) is 115 Å². The van der Waals surface area contributed by atoms with Gasteiger partial charge in [-0.15, -0.1) is 0 Å². The number of aromatic nitrogens is 2. The van der Waals surface area contributed by atoms with E-state index in [4.69, 9.17) is 4.74 Å². The summed E-state index contributed by atoms with van der Waals surface area (Å²) in [5.74, 6) is 2.58. The summed E-state index contributed by atoms with van der Waals surface area (Å²) >= 11 is 0. The lowest BCUT2D eigenvalue weighted by Crippen LogP contribution is -2.15. The van der Waals surface area contributed by atoms with Crippen LogP contribution in [-0.2, 0) is 11.3 Å². The first-order valence-corrected chi connectivity index (χ1v) is 11.2. The van der Waals surface area contributed by atoms with Gasteiger partial charge >= 0.3 is 0 Å². The quantitative estimate of drug-likeness (QED) is 0.362. The molecule has 1 aromatic heterocycles. The van der Waals surface area contributed by atoms with E-state index in [1.165, 1.54) is 77.0 Å². The monoisotopic (exact) mass is 360 g/mol. The second kappa shape index (κ2) is 13.2. The van der Waals surface area contributed by atoms with Crippen molar-refractivity contribution in [3.8, 4) is 0 Å². The lowest BCUT2D eigenvalue weighted by Gasteiger charge is -2.27. The van der Waals surface area contributed by atoms with E-state index in [0.717, 1.165) is 30.3 Å². The van der Waals surface area contributed by atoms with Crippen LogP contribution in [0, 0.1) is 5.92 Å². The normalized spacial score (nSPS) is 20.4. The molecule has 0 aromatic carbocycles. The largest absolute Gasteiger partial charge is 0.377 e. The van der Waals surface area contributed by atoms with Gasteiger partial charge in [-0.05, 0) is 38.0 Å². The average molecular weight is 361 g/mol. The standard InChI is InChI=1S/C23H40N2O/c1-3-5-7-8-9-11-20-12-14-22(15-13-20)23-24-17-21(18-25-23)19-26-16-10-6-4-2/h17-18,20,22H,3-16,19H2,1-2H3. The van der Waals surface area contributed by atoms with Crippen molar-refractivity contribution >= 4 is 0 Å². The molecular formula is C23H40N2O. The van der Waals surface area contributed by atoms with Crippen LogP contribution in [0.4, 0.5) is 0 Å². The predicted molar refractivity (Wildman–Crippen MR) is 109 cm³/mol. The topological polar surface area (TPSA) is 35.0 Å². The summed E-state index contributed by atoms with van der Waals surface area (Å²) in [5.41, 5.74) is 1.10.